The second-order valence-electron chi connectivity index (χ2n) is 7.07. The SMILES string of the molecule is Fc1ccc(C(c2cc3c4c(c2)CCN4C(=S)CC3)n2ccnc2)cc1F. The van der Waals surface area contributed by atoms with E-state index >= 15 is 0 Å². The summed E-state index contributed by atoms with van der Waals surface area (Å²) in [6.07, 6.45) is 8.01. The van der Waals surface area contributed by atoms with Crippen LogP contribution in [0.25, 0.3) is 0 Å². The van der Waals surface area contributed by atoms with E-state index in [0.717, 1.165) is 36.4 Å². The van der Waals surface area contributed by atoms with E-state index in [0.29, 0.717) is 5.56 Å². The normalized spacial score (nSPS) is 16.5. The lowest BCUT2D eigenvalue weighted by Crippen LogP contribution is -2.31. The topological polar surface area (TPSA) is 21.1 Å². The maximum absolute atomic E-state index is 13.9. The number of anilines is 1. The molecule has 1 unspecified atom stereocenters. The van der Waals surface area contributed by atoms with Gasteiger partial charge in [0.2, 0.25) is 0 Å². The third-order valence-corrected chi connectivity index (χ3v) is 5.90. The highest BCUT2D eigenvalue weighted by Crippen LogP contribution is 2.40. The second-order valence-corrected chi connectivity index (χ2v) is 7.54. The lowest BCUT2D eigenvalue weighted by Gasteiger charge is -2.29. The fraction of sp³-hybridized carbons (Fsp3) is 0.238. The third-order valence-electron chi connectivity index (χ3n) is 5.47. The molecule has 0 N–H and O–H groups in total. The molecule has 0 fully saturated rings. The largest absolute Gasteiger partial charge is 0.335 e. The first-order chi connectivity index (χ1) is 13.1. The van der Waals surface area contributed by atoms with Crippen LogP contribution in [0.4, 0.5) is 14.5 Å². The van der Waals surface area contributed by atoms with Crippen molar-refractivity contribution in [3.8, 4) is 0 Å². The number of hydrogen-bond donors (Lipinski definition) is 0. The van der Waals surface area contributed by atoms with Crippen molar-refractivity contribution in [3.05, 3.63) is 82.9 Å². The van der Waals surface area contributed by atoms with Crippen molar-refractivity contribution in [1.29, 1.82) is 0 Å². The quantitative estimate of drug-likeness (QED) is 0.626. The third kappa shape index (κ3) is 2.67. The predicted octanol–water partition coefficient (Wildman–Crippen LogP) is 4.44. The number of benzene rings is 2. The van der Waals surface area contributed by atoms with Crippen LogP contribution >= 0.6 is 12.2 Å². The lowest BCUT2D eigenvalue weighted by atomic mass is 9.91. The molecule has 2 aliphatic heterocycles. The number of imidazole rings is 1. The summed E-state index contributed by atoms with van der Waals surface area (Å²) in [7, 11) is 0. The first-order valence-electron chi connectivity index (χ1n) is 9.00. The van der Waals surface area contributed by atoms with Crippen LogP contribution in [0.1, 0.15) is 34.7 Å². The first kappa shape index (κ1) is 16.6. The molecule has 3 nitrogen and oxygen atoms in total. The van der Waals surface area contributed by atoms with E-state index in [1.54, 1.807) is 18.6 Å². The highest BCUT2D eigenvalue weighted by Gasteiger charge is 2.31. The molecule has 0 spiro atoms. The summed E-state index contributed by atoms with van der Waals surface area (Å²) in [5.74, 6) is -1.67. The average molecular weight is 381 g/mol. The number of hydrogen-bond acceptors (Lipinski definition) is 2. The second kappa shape index (κ2) is 6.23. The van der Waals surface area contributed by atoms with Crippen molar-refractivity contribution in [2.75, 3.05) is 11.4 Å². The van der Waals surface area contributed by atoms with Gasteiger partial charge in [-0.25, -0.2) is 13.8 Å². The van der Waals surface area contributed by atoms with Gasteiger partial charge in [-0.15, -0.1) is 0 Å². The molecule has 6 heteroatoms. The van der Waals surface area contributed by atoms with Crippen LogP contribution in [0.5, 0.6) is 0 Å². The van der Waals surface area contributed by atoms with E-state index < -0.39 is 11.6 Å². The number of rotatable bonds is 3. The highest BCUT2D eigenvalue weighted by atomic mass is 32.1. The number of aromatic nitrogens is 2. The van der Waals surface area contributed by atoms with E-state index in [-0.39, 0.29) is 6.04 Å². The summed E-state index contributed by atoms with van der Waals surface area (Å²) < 4.78 is 29.4. The minimum atomic E-state index is -0.837. The van der Waals surface area contributed by atoms with Gasteiger partial charge in [-0.3, -0.25) is 0 Å². The van der Waals surface area contributed by atoms with Crippen molar-refractivity contribution in [3.63, 3.8) is 0 Å². The summed E-state index contributed by atoms with van der Waals surface area (Å²) in [5.41, 5.74) is 5.56. The fourth-order valence-corrected chi connectivity index (χ4v) is 4.57. The molecule has 1 atom stereocenters. The Bertz CT molecular complexity index is 1050. The van der Waals surface area contributed by atoms with E-state index in [9.17, 15) is 8.78 Å². The minimum Gasteiger partial charge on any atom is -0.335 e. The molecule has 0 bridgehead atoms. The van der Waals surface area contributed by atoms with Crippen LogP contribution < -0.4 is 4.90 Å². The van der Waals surface area contributed by atoms with Gasteiger partial charge in [0.15, 0.2) is 11.6 Å². The van der Waals surface area contributed by atoms with E-state index in [1.165, 1.54) is 28.9 Å². The van der Waals surface area contributed by atoms with Gasteiger partial charge in [-0.05, 0) is 47.2 Å². The number of halogens is 2. The molecule has 3 aromatic rings. The van der Waals surface area contributed by atoms with Crippen molar-refractivity contribution in [2.24, 2.45) is 0 Å². The highest BCUT2D eigenvalue weighted by molar-refractivity contribution is 7.80. The van der Waals surface area contributed by atoms with Gasteiger partial charge >= 0.3 is 0 Å². The van der Waals surface area contributed by atoms with E-state index in [4.69, 9.17) is 12.2 Å². The van der Waals surface area contributed by atoms with Crippen LogP contribution in [0.3, 0.4) is 0 Å². The zero-order chi connectivity index (χ0) is 18.5. The molecular weight excluding hydrogens is 364 g/mol. The Morgan fingerprint density at radius 1 is 0.963 bits per heavy atom. The van der Waals surface area contributed by atoms with Crippen LogP contribution in [0, 0.1) is 11.6 Å². The van der Waals surface area contributed by atoms with E-state index in [1.807, 2.05) is 10.8 Å². The summed E-state index contributed by atoms with van der Waals surface area (Å²) in [5, 5.41) is 0. The first-order valence-corrected chi connectivity index (χ1v) is 9.41. The van der Waals surface area contributed by atoms with Crippen molar-refractivity contribution in [2.45, 2.75) is 25.3 Å². The zero-order valence-electron chi connectivity index (χ0n) is 14.5. The van der Waals surface area contributed by atoms with Crippen molar-refractivity contribution >= 4 is 22.9 Å². The lowest BCUT2D eigenvalue weighted by molar-refractivity contribution is 0.504. The average Bonchev–Trinajstić information content (AvgIpc) is 3.32. The summed E-state index contributed by atoms with van der Waals surface area (Å²) in [6.45, 7) is 0.922. The van der Waals surface area contributed by atoms with Crippen LogP contribution in [-0.4, -0.2) is 21.1 Å². The number of nitrogens with zero attached hydrogens (tertiary/aromatic N) is 3. The zero-order valence-corrected chi connectivity index (χ0v) is 15.3. The van der Waals surface area contributed by atoms with E-state index in [2.05, 4.69) is 22.0 Å². The monoisotopic (exact) mass is 381 g/mol. The van der Waals surface area contributed by atoms with Crippen LogP contribution in [-0.2, 0) is 12.8 Å². The smallest absolute Gasteiger partial charge is 0.159 e. The fourth-order valence-electron chi connectivity index (χ4n) is 4.28. The van der Waals surface area contributed by atoms with Gasteiger partial charge < -0.3 is 9.47 Å². The summed E-state index contributed by atoms with van der Waals surface area (Å²) in [6, 6.07) is 8.21. The molecule has 5 rings (SSSR count). The molecule has 1 aromatic heterocycles. The molecule has 3 heterocycles. The molecule has 0 radical (unpaired) electrons. The van der Waals surface area contributed by atoms with Gasteiger partial charge in [0.1, 0.15) is 0 Å². The van der Waals surface area contributed by atoms with Gasteiger partial charge in [0.25, 0.3) is 0 Å². The van der Waals surface area contributed by atoms with Gasteiger partial charge in [-0.2, -0.15) is 0 Å². The molecule has 136 valence electrons. The molecule has 2 aromatic carbocycles. The molecular formula is C21H17F2N3S. The van der Waals surface area contributed by atoms with Gasteiger partial charge in [0, 0.05) is 31.0 Å². The van der Waals surface area contributed by atoms with Crippen LogP contribution in [0.15, 0.2) is 49.1 Å². The van der Waals surface area contributed by atoms with Gasteiger partial charge in [0.05, 0.1) is 17.4 Å². The molecule has 0 amide bonds. The maximum atomic E-state index is 13.9. The number of aryl methyl sites for hydroxylation is 1. The standard InChI is InChI=1S/C21H17F2N3S/c22-17-3-1-14(11-18(17)23)20(25-8-6-24-12-25)16-9-13-2-4-19(27)26-7-5-15(10-16)21(13)26/h1,3,6,8-12,20H,2,4-5,7H2. The Balaban J connectivity index is 1.68. The Hall–Kier alpha value is -2.60. The minimum absolute atomic E-state index is 0.257. The Labute approximate surface area is 161 Å². The predicted molar refractivity (Wildman–Crippen MR) is 104 cm³/mol. The number of thiocarbonyl (C=S) groups is 1. The van der Waals surface area contributed by atoms with Crippen molar-refractivity contribution < 1.29 is 8.78 Å². The molecule has 27 heavy (non-hydrogen) atoms. The van der Waals surface area contributed by atoms with Crippen LogP contribution in [0.2, 0.25) is 0 Å². The molecule has 0 saturated heterocycles. The van der Waals surface area contributed by atoms with Gasteiger partial charge in [-0.1, -0.05) is 30.4 Å². The van der Waals surface area contributed by atoms with Crippen molar-refractivity contribution in [1.82, 2.24) is 9.55 Å². The summed E-state index contributed by atoms with van der Waals surface area (Å²) >= 11 is 5.52. The molecule has 0 saturated carbocycles. The Morgan fingerprint density at radius 3 is 2.52 bits per heavy atom. The molecule has 2 aliphatic rings. The Morgan fingerprint density at radius 2 is 1.78 bits per heavy atom. The summed E-state index contributed by atoms with van der Waals surface area (Å²) in [4.78, 5) is 7.41. The molecule has 0 aliphatic carbocycles. The maximum Gasteiger partial charge on any atom is 0.159 e. The Kier molecular flexibility index (Phi) is 3.82.